The van der Waals surface area contributed by atoms with Gasteiger partial charge < -0.3 is 14.6 Å². The van der Waals surface area contributed by atoms with E-state index in [-0.39, 0.29) is 11.0 Å². The average Bonchev–Trinajstić information content (AvgIpc) is 3.15. The van der Waals surface area contributed by atoms with E-state index >= 15 is 0 Å². The van der Waals surface area contributed by atoms with Crippen molar-refractivity contribution in [1.82, 2.24) is 19.7 Å². The number of pyridine rings is 1. The van der Waals surface area contributed by atoms with Gasteiger partial charge in [0.2, 0.25) is 12.1 Å². The Morgan fingerprint density at radius 1 is 1.11 bits per heavy atom. The summed E-state index contributed by atoms with van der Waals surface area (Å²) in [6.07, 6.45) is 0.717. The Bertz CT molecular complexity index is 873. The molecule has 1 N–H and O–H groups in total. The Labute approximate surface area is 166 Å². The lowest BCUT2D eigenvalue weighted by molar-refractivity contribution is -0.114. The SMILES string of the molecule is CC(C)(Oc1ccc(Cl)cc1)C(O)C(Oc1cccc(Cl)n1)n1cncn1. The Morgan fingerprint density at radius 2 is 1.85 bits per heavy atom. The van der Waals surface area contributed by atoms with E-state index in [0.29, 0.717) is 10.8 Å². The van der Waals surface area contributed by atoms with Crippen LogP contribution in [-0.4, -0.2) is 36.6 Å². The zero-order chi connectivity index (χ0) is 19.4. The van der Waals surface area contributed by atoms with Gasteiger partial charge in [-0.05, 0) is 44.2 Å². The van der Waals surface area contributed by atoms with Gasteiger partial charge in [0.25, 0.3) is 0 Å². The predicted octanol–water partition coefficient (Wildman–Crippen LogP) is 3.78. The summed E-state index contributed by atoms with van der Waals surface area (Å²) in [5, 5.41) is 16.0. The number of benzene rings is 1. The highest BCUT2D eigenvalue weighted by Crippen LogP contribution is 2.29. The van der Waals surface area contributed by atoms with Crippen molar-refractivity contribution in [1.29, 1.82) is 0 Å². The molecule has 2 atom stereocenters. The third-order valence-electron chi connectivity index (χ3n) is 3.81. The van der Waals surface area contributed by atoms with Gasteiger partial charge in [-0.2, -0.15) is 5.10 Å². The number of aliphatic hydroxyl groups is 1. The minimum absolute atomic E-state index is 0.240. The first-order valence-corrected chi connectivity index (χ1v) is 8.87. The van der Waals surface area contributed by atoms with E-state index in [1.165, 1.54) is 17.3 Å². The Morgan fingerprint density at radius 3 is 2.48 bits per heavy atom. The van der Waals surface area contributed by atoms with Gasteiger partial charge in [-0.15, -0.1) is 0 Å². The largest absolute Gasteiger partial charge is 0.485 e. The molecule has 0 saturated heterocycles. The van der Waals surface area contributed by atoms with Crippen molar-refractivity contribution in [2.75, 3.05) is 0 Å². The van der Waals surface area contributed by atoms with E-state index in [2.05, 4.69) is 15.1 Å². The molecule has 142 valence electrons. The predicted molar refractivity (Wildman–Crippen MR) is 101 cm³/mol. The summed E-state index contributed by atoms with van der Waals surface area (Å²) in [7, 11) is 0. The minimum atomic E-state index is -1.13. The molecule has 0 aliphatic carbocycles. The molecule has 1 aromatic carbocycles. The van der Waals surface area contributed by atoms with Gasteiger partial charge in [-0.25, -0.2) is 14.6 Å². The first-order chi connectivity index (χ1) is 12.8. The first-order valence-electron chi connectivity index (χ1n) is 8.11. The normalized spacial score (nSPS) is 13.8. The maximum atomic E-state index is 11.0. The van der Waals surface area contributed by atoms with Gasteiger partial charge in [0.05, 0.1) is 0 Å². The number of halogens is 2. The van der Waals surface area contributed by atoms with Gasteiger partial charge in [-0.3, -0.25) is 0 Å². The summed E-state index contributed by atoms with van der Waals surface area (Å²) >= 11 is 11.8. The Balaban J connectivity index is 1.85. The summed E-state index contributed by atoms with van der Waals surface area (Å²) in [4.78, 5) is 8.02. The Kier molecular flexibility index (Phi) is 5.84. The van der Waals surface area contributed by atoms with Gasteiger partial charge in [0.15, 0.2) is 6.10 Å². The van der Waals surface area contributed by atoms with E-state index in [0.717, 1.165) is 0 Å². The average molecular weight is 409 g/mol. The number of aliphatic hydroxyl groups excluding tert-OH is 1. The first kappa shape index (κ1) is 19.4. The maximum absolute atomic E-state index is 11.0. The molecule has 0 amide bonds. The lowest BCUT2D eigenvalue weighted by Crippen LogP contribution is -2.49. The van der Waals surface area contributed by atoms with Crippen molar-refractivity contribution in [2.24, 2.45) is 0 Å². The second kappa shape index (κ2) is 8.12. The summed E-state index contributed by atoms with van der Waals surface area (Å²) < 4.78 is 13.2. The molecule has 7 nitrogen and oxygen atoms in total. The van der Waals surface area contributed by atoms with Crippen LogP contribution in [0.3, 0.4) is 0 Å². The summed E-state index contributed by atoms with van der Waals surface area (Å²) in [6, 6.07) is 11.8. The van der Waals surface area contributed by atoms with Crippen LogP contribution in [0.4, 0.5) is 0 Å². The van der Waals surface area contributed by atoms with Crippen LogP contribution in [0, 0.1) is 0 Å². The number of aromatic nitrogens is 4. The molecule has 2 aromatic heterocycles. The van der Waals surface area contributed by atoms with E-state index in [4.69, 9.17) is 32.7 Å². The highest BCUT2D eigenvalue weighted by atomic mass is 35.5. The molecular formula is C18H18Cl2N4O3. The van der Waals surface area contributed by atoms with E-state index in [9.17, 15) is 5.11 Å². The van der Waals surface area contributed by atoms with Crippen LogP contribution < -0.4 is 9.47 Å². The quantitative estimate of drug-likeness (QED) is 0.599. The number of ether oxygens (including phenoxy) is 2. The number of hydrogen-bond acceptors (Lipinski definition) is 6. The van der Waals surface area contributed by atoms with Gasteiger partial charge in [0, 0.05) is 11.1 Å². The van der Waals surface area contributed by atoms with Crippen molar-refractivity contribution in [2.45, 2.75) is 31.8 Å². The van der Waals surface area contributed by atoms with Crippen LogP contribution in [-0.2, 0) is 0 Å². The number of rotatable bonds is 7. The monoisotopic (exact) mass is 408 g/mol. The summed E-state index contributed by atoms with van der Waals surface area (Å²) in [5.41, 5.74) is -1.04. The fourth-order valence-corrected chi connectivity index (χ4v) is 2.68. The third kappa shape index (κ3) is 4.88. The van der Waals surface area contributed by atoms with Crippen LogP contribution in [0.2, 0.25) is 10.2 Å². The molecule has 0 aliphatic rings. The van der Waals surface area contributed by atoms with Crippen molar-refractivity contribution >= 4 is 23.2 Å². The lowest BCUT2D eigenvalue weighted by atomic mass is 9.99. The molecule has 2 heterocycles. The molecule has 3 rings (SSSR count). The third-order valence-corrected chi connectivity index (χ3v) is 4.27. The molecule has 9 heteroatoms. The molecular weight excluding hydrogens is 391 g/mol. The standard InChI is InChI=1S/C18H18Cl2N4O3/c1-18(2,27-13-8-6-12(19)7-9-13)16(25)17(24-11-21-10-22-24)26-15-5-3-4-14(20)23-15/h3-11,16-17,25H,1-2H3. The molecule has 0 bridgehead atoms. The molecule has 3 aromatic rings. The van der Waals surface area contributed by atoms with E-state index in [1.54, 1.807) is 56.3 Å². The fourth-order valence-electron chi connectivity index (χ4n) is 2.40. The summed E-state index contributed by atoms with van der Waals surface area (Å²) in [5.74, 6) is 0.797. The van der Waals surface area contributed by atoms with E-state index in [1.807, 2.05) is 0 Å². The zero-order valence-corrected chi connectivity index (χ0v) is 16.2. The van der Waals surface area contributed by atoms with Gasteiger partial charge in [-0.1, -0.05) is 29.3 Å². The molecule has 27 heavy (non-hydrogen) atoms. The maximum Gasteiger partial charge on any atom is 0.224 e. The zero-order valence-electron chi connectivity index (χ0n) is 14.7. The molecule has 0 aliphatic heterocycles. The second-order valence-electron chi connectivity index (χ2n) is 6.29. The van der Waals surface area contributed by atoms with Crippen LogP contribution in [0.25, 0.3) is 0 Å². The smallest absolute Gasteiger partial charge is 0.224 e. The van der Waals surface area contributed by atoms with Crippen LogP contribution in [0.5, 0.6) is 11.6 Å². The van der Waals surface area contributed by atoms with Crippen LogP contribution in [0.1, 0.15) is 20.1 Å². The number of nitrogens with zero attached hydrogens (tertiary/aromatic N) is 4. The Hall–Kier alpha value is -2.35. The minimum Gasteiger partial charge on any atom is -0.485 e. The highest BCUT2D eigenvalue weighted by Gasteiger charge is 2.39. The van der Waals surface area contributed by atoms with Crippen molar-refractivity contribution in [3.05, 3.63) is 65.3 Å². The molecule has 2 unspecified atom stereocenters. The fraction of sp³-hybridized carbons (Fsp3) is 0.278. The van der Waals surface area contributed by atoms with Crippen molar-refractivity contribution in [3.63, 3.8) is 0 Å². The molecule has 0 saturated carbocycles. The number of hydrogen-bond donors (Lipinski definition) is 1. The molecule has 0 radical (unpaired) electrons. The van der Waals surface area contributed by atoms with Crippen molar-refractivity contribution < 1.29 is 14.6 Å². The molecule has 0 fully saturated rings. The van der Waals surface area contributed by atoms with E-state index < -0.39 is 17.9 Å². The van der Waals surface area contributed by atoms with Gasteiger partial charge >= 0.3 is 0 Å². The molecule has 0 spiro atoms. The van der Waals surface area contributed by atoms with Crippen molar-refractivity contribution in [3.8, 4) is 11.6 Å². The highest BCUT2D eigenvalue weighted by molar-refractivity contribution is 6.30. The topological polar surface area (TPSA) is 82.3 Å². The van der Waals surface area contributed by atoms with Gasteiger partial charge in [0.1, 0.15) is 29.2 Å². The second-order valence-corrected chi connectivity index (χ2v) is 7.11. The van der Waals surface area contributed by atoms with Crippen LogP contribution >= 0.6 is 23.2 Å². The van der Waals surface area contributed by atoms with Crippen LogP contribution in [0.15, 0.2) is 55.1 Å². The summed E-state index contributed by atoms with van der Waals surface area (Å²) in [6.45, 7) is 3.48. The lowest BCUT2D eigenvalue weighted by Gasteiger charge is -2.35.